The summed E-state index contributed by atoms with van der Waals surface area (Å²) in [5.74, 6) is -0.662. The molecule has 0 saturated carbocycles. The molecule has 0 aliphatic rings. The average Bonchev–Trinajstić information content (AvgIpc) is 3.21. The molecule has 0 aliphatic carbocycles. The third-order valence-corrected chi connectivity index (χ3v) is 5.49. The molecule has 2 N–H and O–H groups in total. The van der Waals surface area contributed by atoms with Gasteiger partial charge < -0.3 is 34.1 Å². The van der Waals surface area contributed by atoms with Gasteiger partial charge in [-0.1, -0.05) is 18.2 Å². The Morgan fingerprint density at radius 1 is 0.972 bits per heavy atom. The van der Waals surface area contributed by atoms with Gasteiger partial charge in [-0.05, 0) is 24.3 Å². The van der Waals surface area contributed by atoms with E-state index >= 15 is 0 Å². The largest absolute Gasteiger partial charge is 0.493 e. The van der Waals surface area contributed by atoms with E-state index in [0.29, 0.717) is 17.2 Å². The molecule has 2 amide bonds. The number of nitrogens with one attached hydrogen (secondary N) is 2. The zero-order chi connectivity index (χ0) is 26.2. The van der Waals surface area contributed by atoms with Crippen molar-refractivity contribution in [2.24, 2.45) is 7.05 Å². The number of hydrogen-bond donors (Lipinski definition) is 2. The minimum Gasteiger partial charge on any atom is -0.493 e. The molecule has 1 heterocycles. The Morgan fingerprint density at radius 3 is 2.25 bits per heavy atom. The second kappa shape index (κ2) is 11.8. The molecule has 190 valence electrons. The molecule has 10 nitrogen and oxygen atoms in total. The molecule has 0 unspecified atom stereocenters. The summed E-state index contributed by atoms with van der Waals surface area (Å²) < 4.78 is 22.5. The zero-order valence-electron chi connectivity index (χ0n) is 20.8. The second-order valence-electron chi connectivity index (χ2n) is 7.72. The molecule has 1 aromatic heterocycles. The van der Waals surface area contributed by atoms with Crippen molar-refractivity contribution in [1.29, 1.82) is 0 Å². The van der Waals surface area contributed by atoms with Crippen molar-refractivity contribution in [1.82, 2.24) is 15.2 Å². The highest BCUT2D eigenvalue weighted by atomic mass is 16.5. The van der Waals surface area contributed by atoms with Crippen molar-refractivity contribution in [3.63, 3.8) is 0 Å². The number of fused-ring (bicyclic) bond motifs is 1. The number of ether oxygens (including phenoxy) is 4. The molecule has 0 spiro atoms. The molecular weight excluding hydrogens is 466 g/mol. The van der Waals surface area contributed by atoms with Crippen LogP contribution in [0.1, 0.15) is 22.3 Å². The molecule has 3 rings (SSSR count). The van der Waals surface area contributed by atoms with Gasteiger partial charge in [-0.25, -0.2) is 0 Å². The summed E-state index contributed by atoms with van der Waals surface area (Å²) >= 11 is 0. The van der Waals surface area contributed by atoms with Crippen LogP contribution in [-0.4, -0.2) is 57.3 Å². The first-order valence-electron chi connectivity index (χ1n) is 11.0. The number of hydrogen-bond acceptors (Lipinski definition) is 7. The summed E-state index contributed by atoms with van der Waals surface area (Å²) in [5, 5.41) is 6.23. The first kappa shape index (κ1) is 26.1. The van der Waals surface area contributed by atoms with Gasteiger partial charge in [0.1, 0.15) is 5.70 Å². The van der Waals surface area contributed by atoms with Gasteiger partial charge in [0.25, 0.3) is 11.8 Å². The predicted octanol–water partition coefficient (Wildman–Crippen LogP) is 2.65. The molecular formula is C26H29N3O7. The Hall–Kier alpha value is -4.47. The van der Waals surface area contributed by atoms with Crippen LogP contribution in [0, 0.1) is 0 Å². The van der Waals surface area contributed by atoms with Gasteiger partial charge in [-0.15, -0.1) is 0 Å². The van der Waals surface area contributed by atoms with E-state index in [4.69, 9.17) is 14.2 Å². The van der Waals surface area contributed by atoms with Crippen molar-refractivity contribution in [3.8, 4) is 17.2 Å². The maximum atomic E-state index is 13.2. The van der Waals surface area contributed by atoms with Crippen molar-refractivity contribution in [3.05, 3.63) is 59.4 Å². The normalized spacial score (nSPS) is 11.1. The van der Waals surface area contributed by atoms with Gasteiger partial charge in [-0.3, -0.25) is 14.4 Å². The third-order valence-electron chi connectivity index (χ3n) is 5.49. The van der Waals surface area contributed by atoms with Gasteiger partial charge in [0.05, 0.1) is 34.9 Å². The van der Waals surface area contributed by atoms with E-state index in [1.807, 2.05) is 42.1 Å². The van der Waals surface area contributed by atoms with Crippen LogP contribution in [0.5, 0.6) is 17.2 Å². The SMILES string of the molecule is COC(=O)CCNC(=O)C(=Cc1cn(C)c2ccccc12)NC(=O)c1cc(OC)c(OC)c(OC)c1. The fourth-order valence-electron chi connectivity index (χ4n) is 3.68. The minimum absolute atomic E-state index is 0.00466. The van der Waals surface area contributed by atoms with E-state index in [0.717, 1.165) is 16.5 Å². The van der Waals surface area contributed by atoms with Crippen LogP contribution in [0.15, 0.2) is 48.3 Å². The molecule has 0 aliphatic heterocycles. The topological polar surface area (TPSA) is 117 Å². The van der Waals surface area contributed by atoms with E-state index in [2.05, 4.69) is 15.4 Å². The second-order valence-corrected chi connectivity index (χ2v) is 7.72. The van der Waals surface area contributed by atoms with Gasteiger partial charge in [0.15, 0.2) is 11.5 Å². The fraction of sp³-hybridized carbons (Fsp3) is 0.269. The van der Waals surface area contributed by atoms with Crippen LogP contribution in [0.3, 0.4) is 0 Å². The quantitative estimate of drug-likeness (QED) is 0.328. The summed E-state index contributed by atoms with van der Waals surface area (Å²) in [7, 11) is 7.51. The van der Waals surface area contributed by atoms with E-state index < -0.39 is 17.8 Å². The molecule has 0 saturated heterocycles. The number of carbonyl (C=O) groups excluding carboxylic acids is 3. The van der Waals surface area contributed by atoms with Crippen LogP contribution in [0.2, 0.25) is 0 Å². The van der Waals surface area contributed by atoms with Gasteiger partial charge in [-0.2, -0.15) is 0 Å². The number of aromatic nitrogens is 1. The first-order valence-corrected chi connectivity index (χ1v) is 11.0. The lowest BCUT2D eigenvalue weighted by Crippen LogP contribution is -2.36. The summed E-state index contributed by atoms with van der Waals surface area (Å²) in [6.45, 7) is 0.0401. The Labute approximate surface area is 208 Å². The molecule has 0 bridgehead atoms. The van der Waals surface area contributed by atoms with Crippen LogP contribution in [-0.2, 0) is 21.4 Å². The highest BCUT2D eigenvalue weighted by Gasteiger charge is 2.20. The number of amides is 2. The van der Waals surface area contributed by atoms with E-state index in [1.165, 1.54) is 40.6 Å². The Bertz CT molecular complexity index is 1290. The number of methoxy groups -OCH3 is 4. The van der Waals surface area contributed by atoms with E-state index in [-0.39, 0.29) is 24.2 Å². The van der Waals surface area contributed by atoms with Crippen molar-refractivity contribution >= 4 is 34.8 Å². The van der Waals surface area contributed by atoms with Crippen LogP contribution >= 0.6 is 0 Å². The highest BCUT2D eigenvalue weighted by Crippen LogP contribution is 2.38. The van der Waals surface area contributed by atoms with Crippen molar-refractivity contribution < 1.29 is 33.3 Å². The maximum Gasteiger partial charge on any atom is 0.307 e. The zero-order valence-corrected chi connectivity index (χ0v) is 20.8. The summed E-state index contributed by atoms with van der Waals surface area (Å²) in [6.07, 6.45) is 3.44. The Balaban J connectivity index is 1.98. The maximum absolute atomic E-state index is 13.2. The molecule has 3 aromatic rings. The molecule has 10 heteroatoms. The number of benzene rings is 2. The highest BCUT2D eigenvalue weighted by molar-refractivity contribution is 6.07. The third kappa shape index (κ3) is 5.77. The number of aryl methyl sites for hydroxylation is 1. The molecule has 36 heavy (non-hydrogen) atoms. The number of esters is 1. The van der Waals surface area contributed by atoms with Crippen molar-refractivity contribution in [2.75, 3.05) is 35.0 Å². The monoisotopic (exact) mass is 495 g/mol. The first-order chi connectivity index (χ1) is 17.3. The predicted molar refractivity (Wildman–Crippen MR) is 134 cm³/mol. The lowest BCUT2D eigenvalue weighted by Gasteiger charge is -2.15. The number of para-hydroxylation sites is 1. The Morgan fingerprint density at radius 2 is 1.64 bits per heavy atom. The number of carbonyl (C=O) groups is 3. The van der Waals surface area contributed by atoms with Crippen LogP contribution in [0.25, 0.3) is 17.0 Å². The van der Waals surface area contributed by atoms with E-state index in [9.17, 15) is 14.4 Å². The summed E-state index contributed by atoms with van der Waals surface area (Å²) in [6, 6.07) is 10.7. The number of nitrogens with zero attached hydrogens (tertiary/aromatic N) is 1. The molecule has 0 radical (unpaired) electrons. The lowest BCUT2D eigenvalue weighted by atomic mass is 10.1. The van der Waals surface area contributed by atoms with Crippen molar-refractivity contribution in [2.45, 2.75) is 6.42 Å². The van der Waals surface area contributed by atoms with Crippen LogP contribution in [0.4, 0.5) is 0 Å². The standard InChI is InChI=1S/C26H29N3O7/c1-29-15-17(18-8-6-7-9-20(18)29)12-19(26(32)27-11-10-23(30)35-4)28-25(31)16-13-21(33-2)24(36-5)22(14-16)34-3/h6-9,12-15H,10-11H2,1-5H3,(H,27,32)(H,28,31). The minimum atomic E-state index is -0.566. The molecule has 2 aromatic carbocycles. The Kier molecular flexibility index (Phi) is 8.56. The van der Waals surface area contributed by atoms with Gasteiger partial charge in [0, 0.05) is 41.8 Å². The summed E-state index contributed by atoms with van der Waals surface area (Å²) in [4.78, 5) is 37.7. The average molecular weight is 496 g/mol. The van der Waals surface area contributed by atoms with Gasteiger partial charge in [0.2, 0.25) is 5.75 Å². The lowest BCUT2D eigenvalue weighted by molar-refractivity contribution is -0.140. The van der Waals surface area contributed by atoms with Crippen LogP contribution < -0.4 is 24.8 Å². The molecule has 0 fully saturated rings. The van der Waals surface area contributed by atoms with E-state index in [1.54, 1.807) is 6.08 Å². The molecule has 0 atom stereocenters. The number of rotatable bonds is 10. The van der Waals surface area contributed by atoms with Gasteiger partial charge >= 0.3 is 5.97 Å². The fourth-order valence-corrected chi connectivity index (χ4v) is 3.68. The smallest absolute Gasteiger partial charge is 0.307 e. The summed E-state index contributed by atoms with van der Waals surface area (Å²) in [5.41, 5.74) is 1.88.